The number of phenols is 1. The molecule has 0 bridgehead atoms. The zero-order valence-electron chi connectivity index (χ0n) is 21.5. The SMILES string of the molecule is CC(C)(C)COc1ccc(Nc2ccc(CCNC[C@H](O)c3ccc(O)c4[nH]c(=O)ccc34)cc2)cc1. The zero-order chi connectivity index (χ0) is 26.4. The van der Waals surface area contributed by atoms with E-state index in [0.29, 0.717) is 36.2 Å². The Hall–Kier alpha value is -3.81. The van der Waals surface area contributed by atoms with E-state index < -0.39 is 6.10 Å². The van der Waals surface area contributed by atoms with Gasteiger partial charge in [-0.05, 0) is 78.0 Å². The van der Waals surface area contributed by atoms with Crippen LogP contribution in [0.1, 0.15) is 38.0 Å². The van der Waals surface area contributed by atoms with E-state index in [-0.39, 0.29) is 16.7 Å². The van der Waals surface area contributed by atoms with Crippen molar-refractivity contribution in [2.24, 2.45) is 5.41 Å². The molecule has 194 valence electrons. The molecule has 37 heavy (non-hydrogen) atoms. The van der Waals surface area contributed by atoms with Gasteiger partial charge in [0.15, 0.2) is 0 Å². The lowest BCUT2D eigenvalue weighted by molar-refractivity contribution is 0.176. The largest absolute Gasteiger partial charge is 0.506 e. The van der Waals surface area contributed by atoms with E-state index in [2.05, 4.69) is 60.7 Å². The number of aromatic hydroxyl groups is 1. The molecule has 0 aliphatic carbocycles. The second kappa shape index (κ2) is 11.5. The molecule has 0 fully saturated rings. The van der Waals surface area contributed by atoms with Crippen molar-refractivity contribution in [2.45, 2.75) is 33.3 Å². The third-order valence-electron chi connectivity index (χ3n) is 5.96. The second-order valence-electron chi connectivity index (χ2n) is 10.5. The monoisotopic (exact) mass is 501 g/mol. The Morgan fingerprint density at radius 1 is 0.919 bits per heavy atom. The molecule has 1 heterocycles. The summed E-state index contributed by atoms with van der Waals surface area (Å²) in [5.74, 6) is 0.846. The Bertz CT molecular complexity index is 1370. The number of nitrogens with one attached hydrogen (secondary N) is 3. The van der Waals surface area contributed by atoms with Gasteiger partial charge in [-0.1, -0.05) is 39.0 Å². The fourth-order valence-electron chi connectivity index (χ4n) is 3.99. The van der Waals surface area contributed by atoms with Crippen molar-refractivity contribution in [1.82, 2.24) is 10.3 Å². The van der Waals surface area contributed by atoms with E-state index in [0.717, 1.165) is 23.5 Å². The number of hydrogen-bond acceptors (Lipinski definition) is 6. The Labute approximate surface area is 217 Å². The van der Waals surface area contributed by atoms with Gasteiger partial charge in [0.1, 0.15) is 11.5 Å². The van der Waals surface area contributed by atoms with Crippen LogP contribution in [0.25, 0.3) is 10.9 Å². The normalized spacial score (nSPS) is 12.4. The van der Waals surface area contributed by atoms with Gasteiger partial charge in [0.2, 0.25) is 5.56 Å². The van der Waals surface area contributed by atoms with E-state index in [9.17, 15) is 15.0 Å². The third-order valence-corrected chi connectivity index (χ3v) is 5.96. The maximum Gasteiger partial charge on any atom is 0.248 e. The zero-order valence-corrected chi connectivity index (χ0v) is 21.5. The van der Waals surface area contributed by atoms with Gasteiger partial charge < -0.3 is 30.6 Å². The van der Waals surface area contributed by atoms with Crippen molar-refractivity contribution in [3.8, 4) is 11.5 Å². The molecule has 7 nitrogen and oxygen atoms in total. The lowest BCUT2D eigenvalue weighted by Crippen LogP contribution is -2.24. The highest BCUT2D eigenvalue weighted by atomic mass is 16.5. The molecule has 0 spiro atoms. The first-order valence-electron chi connectivity index (χ1n) is 12.5. The van der Waals surface area contributed by atoms with E-state index in [1.54, 1.807) is 12.1 Å². The molecule has 4 rings (SSSR count). The molecule has 4 aromatic rings. The molecule has 3 aromatic carbocycles. The van der Waals surface area contributed by atoms with E-state index in [4.69, 9.17) is 4.74 Å². The summed E-state index contributed by atoms with van der Waals surface area (Å²) in [6.07, 6.45) is 0.0435. The first-order valence-corrected chi connectivity index (χ1v) is 12.5. The Morgan fingerprint density at radius 2 is 1.59 bits per heavy atom. The number of aromatic amines is 1. The number of anilines is 2. The van der Waals surface area contributed by atoms with Gasteiger partial charge in [-0.15, -0.1) is 0 Å². The van der Waals surface area contributed by atoms with Crippen molar-refractivity contribution >= 4 is 22.3 Å². The van der Waals surface area contributed by atoms with E-state index >= 15 is 0 Å². The minimum absolute atomic E-state index is 0.0170. The number of aromatic nitrogens is 1. The molecule has 0 amide bonds. The maximum atomic E-state index is 11.6. The van der Waals surface area contributed by atoms with E-state index in [1.165, 1.54) is 17.7 Å². The van der Waals surface area contributed by atoms with Crippen LogP contribution in [0.15, 0.2) is 77.6 Å². The standard InChI is InChI=1S/C30H35N3O4/c1-30(2,3)19-37-23-10-8-22(9-11-23)32-21-6-4-20(5-7-21)16-17-31-18-27(35)24-12-14-26(34)29-25(24)13-15-28(36)33-29/h4-15,27,31-32,34-35H,16-19H2,1-3H3,(H,33,36)/t27-/m0/s1. The van der Waals surface area contributed by atoms with Gasteiger partial charge in [0.05, 0.1) is 18.2 Å². The topological polar surface area (TPSA) is 107 Å². The maximum absolute atomic E-state index is 11.6. The van der Waals surface area contributed by atoms with Gasteiger partial charge in [0, 0.05) is 29.4 Å². The molecule has 7 heteroatoms. The van der Waals surface area contributed by atoms with Gasteiger partial charge in [0.25, 0.3) is 0 Å². The highest BCUT2D eigenvalue weighted by Crippen LogP contribution is 2.28. The van der Waals surface area contributed by atoms with Crippen molar-refractivity contribution < 1.29 is 14.9 Å². The van der Waals surface area contributed by atoms with Crippen LogP contribution in [0.5, 0.6) is 11.5 Å². The molecule has 5 N–H and O–H groups in total. The highest BCUT2D eigenvalue weighted by Gasteiger charge is 2.14. The van der Waals surface area contributed by atoms with Crippen molar-refractivity contribution in [3.05, 3.63) is 94.3 Å². The quantitative estimate of drug-likeness (QED) is 0.190. The summed E-state index contributed by atoms with van der Waals surface area (Å²) in [6, 6.07) is 22.4. The number of aliphatic hydroxyl groups is 1. The van der Waals surface area contributed by atoms with Crippen molar-refractivity contribution in [3.63, 3.8) is 0 Å². The summed E-state index contributed by atoms with van der Waals surface area (Å²) >= 11 is 0. The number of pyridine rings is 1. The summed E-state index contributed by atoms with van der Waals surface area (Å²) in [7, 11) is 0. The molecule has 0 saturated carbocycles. The van der Waals surface area contributed by atoms with Crippen LogP contribution in [0.3, 0.4) is 0 Å². The van der Waals surface area contributed by atoms with Crippen molar-refractivity contribution in [2.75, 3.05) is 25.0 Å². The van der Waals surface area contributed by atoms with Gasteiger partial charge in [-0.2, -0.15) is 0 Å². The lowest BCUT2D eigenvalue weighted by atomic mass is 9.99. The number of phenolic OH excluding ortho intramolecular Hbond substituents is 1. The molecule has 0 saturated heterocycles. The van der Waals surface area contributed by atoms with Crippen LogP contribution in [0.2, 0.25) is 0 Å². The van der Waals surface area contributed by atoms with Crippen molar-refractivity contribution in [1.29, 1.82) is 0 Å². The summed E-state index contributed by atoms with van der Waals surface area (Å²) in [5, 5.41) is 28.0. The molecule has 1 aromatic heterocycles. The summed E-state index contributed by atoms with van der Waals surface area (Å²) in [4.78, 5) is 14.2. The number of H-pyrrole nitrogens is 1. The number of ether oxygens (including phenoxy) is 1. The molecule has 1 atom stereocenters. The fourth-order valence-corrected chi connectivity index (χ4v) is 3.99. The molecular weight excluding hydrogens is 466 g/mol. The van der Waals surface area contributed by atoms with Gasteiger partial charge in [-0.3, -0.25) is 4.79 Å². The number of aliphatic hydroxyl groups excluding tert-OH is 1. The minimum atomic E-state index is -0.772. The average Bonchev–Trinajstić information content (AvgIpc) is 2.87. The Balaban J connectivity index is 1.25. The average molecular weight is 502 g/mol. The number of benzene rings is 3. The lowest BCUT2D eigenvalue weighted by Gasteiger charge is -2.19. The Kier molecular flexibility index (Phi) is 8.16. The van der Waals surface area contributed by atoms with Crippen LogP contribution in [0, 0.1) is 5.41 Å². The summed E-state index contributed by atoms with van der Waals surface area (Å²) in [5.41, 5.74) is 4.01. The minimum Gasteiger partial charge on any atom is -0.506 e. The van der Waals surface area contributed by atoms with Crippen LogP contribution >= 0.6 is 0 Å². The summed E-state index contributed by atoms with van der Waals surface area (Å²) in [6.45, 7) is 8.18. The fraction of sp³-hybridized carbons (Fsp3) is 0.300. The second-order valence-corrected chi connectivity index (χ2v) is 10.5. The van der Waals surface area contributed by atoms with E-state index in [1.807, 2.05) is 24.3 Å². The predicted octanol–water partition coefficient (Wildman–Crippen LogP) is 5.27. The molecule has 0 aliphatic heterocycles. The van der Waals surface area contributed by atoms with Crippen LogP contribution < -0.4 is 20.9 Å². The molecule has 0 aliphatic rings. The number of hydrogen-bond donors (Lipinski definition) is 5. The smallest absolute Gasteiger partial charge is 0.248 e. The molecular formula is C30H35N3O4. The van der Waals surface area contributed by atoms with Gasteiger partial charge in [-0.25, -0.2) is 0 Å². The predicted molar refractivity (Wildman–Crippen MR) is 149 cm³/mol. The van der Waals surface area contributed by atoms with Crippen LogP contribution in [-0.2, 0) is 6.42 Å². The third kappa shape index (κ3) is 7.35. The van der Waals surface area contributed by atoms with Crippen LogP contribution in [0.4, 0.5) is 11.4 Å². The first kappa shape index (κ1) is 26.3. The number of fused-ring (bicyclic) bond motifs is 1. The molecule has 0 radical (unpaired) electrons. The van der Waals surface area contributed by atoms with Crippen LogP contribution in [-0.4, -0.2) is 34.9 Å². The Morgan fingerprint density at radius 3 is 2.27 bits per heavy atom. The first-order chi connectivity index (χ1) is 17.7. The summed E-state index contributed by atoms with van der Waals surface area (Å²) < 4.78 is 5.83. The van der Waals surface area contributed by atoms with Gasteiger partial charge >= 0.3 is 0 Å². The molecule has 0 unspecified atom stereocenters. The highest BCUT2D eigenvalue weighted by molar-refractivity contribution is 5.87. The number of rotatable bonds is 10.